The highest BCUT2D eigenvalue weighted by atomic mass is 19.1. The smallest absolute Gasteiger partial charge is 0.159 e. The van der Waals surface area contributed by atoms with E-state index in [1.54, 1.807) is 12.1 Å². The van der Waals surface area contributed by atoms with Crippen LogP contribution in [0.2, 0.25) is 0 Å². The molecule has 0 heterocycles. The SMILES string of the molecule is CCOC(CCNc1ccc(F)cc1)OCC. The number of nitrogens with one attached hydrogen (secondary N) is 1. The van der Waals surface area contributed by atoms with Crippen molar-refractivity contribution in [2.75, 3.05) is 25.1 Å². The van der Waals surface area contributed by atoms with Crippen LogP contribution in [0.5, 0.6) is 0 Å². The first-order valence-electron chi connectivity index (χ1n) is 5.99. The van der Waals surface area contributed by atoms with Gasteiger partial charge < -0.3 is 14.8 Å². The Balaban J connectivity index is 2.27. The van der Waals surface area contributed by atoms with Crippen molar-refractivity contribution in [3.05, 3.63) is 30.1 Å². The molecule has 17 heavy (non-hydrogen) atoms. The molecule has 1 aromatic carbocycles. The lowest BCUT2D eigenvalue weighted by molar-refractivity contribution is -0.137. The van der Waals surface area contributed by atoms with Gasteiger partial charge in [0.15, 0.2) is 6.29 Å². The molecule has 0 atom stereocenters. The Morgan fingerprint density at radius 2 is 1.71 bits per heavy atom. The summed E-state index contributed by atoms with van der Waals surface area (Å²) in [7, 11) is 0. The highest BCUT2D eigenvalue weighted by Gasteiger charge is 2.06. The van der Waals surface area contributed by atoms with Gasteiger partial charge in [-0.2, -0.15) is 0 Å². The van der Waals surface area contributed by atoms with Crippen LogP contribution in [0.15, 0.2) is 24.3 Å². The van der Waals surface area contributed by atoms with Crippen molar-refractivity contribution in [2.24, 2.45) is 0 Å². The average Bonchev–Trinajstić information content (AvgIpc) is 2.32. The fourth-order valence-corrected chi connectivity index (χ4v) is 1.49. The molecule has 0 aliphatic heterocycles. The van der Waals surface area contributed by atoms with Gasteiger partial charge in [0.05, 0.1) is 0 Å². The van der Waals surface area contributed by atoms with Crippen molar-refractivity contribution in [3.63, 3.8) is 0 Å². The minimum Gasteiger partial charge on any atom is -0.385 e. The molecule has 1 N–H and O–H groups in total. The number of rotatable bonds is 8. The van der Waals surface area contributed by atoms with Crippen LogP contribution in [0, 0.1) is 5.82 Å². The van der Waals surface area contributed by atoms with Gasteiger partial charge in [-0.05, 0) is 38.1 Å². The number of benzene rings is 1. The van der Waals surface area contributed by atoms with Gasteiger partial charge in [0, 0.05) is 31.9 Å². The third-order valence-electron chi connectivity index (χ3n) is 2.26. The molecular weight excluding hydrogens is 221 g/mol. The lowest BCUT2D eigenvalue weighted by Gasteiger charge is -2.17. The molecule has 0 aromatic heterocycles. The van der Waals surface area contributed by atoms with Crippen LogP contribution in [-0.2, 0) is 9.47 Å². The highest BCUT2D eigenvalue weighted by molar-refractivity contribution is 5.42. The Bertz CT molecular complexity index is 297. The average molecular weight is 241 g/mol. The third-order valence-corrected chi connectivity index (χ3v) is 2.26. The van der Waals surface area contributed by atoms with Crippen LogP contribution in [0.3, 0.4) is 0 Å². The Morgan fingerprint density at radius 1 is 1.12 bits per heavy atom. The van der Waals surface area contributed by atoms with E-state index in [2.05, 4.69) is 5.32 Å². The van der Waals surface area contributed by atoms with Gasteiger partial charge >= 0.3 is 0 Å². The van der Waals surface area contributed by atoms with Gasteiger partial charge in [-0.25, -0.2) is 4.39 Å². The molecule has 0 aliphatic carbocycles. The maximum absolute atomic E-state index is 12.7. The summed E-state index contributed by atoms with van der Waals surface area (Å²) in [6.45, 7) is 5.90. The first-order chi connectivity index (χ1) is 8.26. The first-order valence-corrected chi connectivity index (χ1v) is 5.99. The molecule has 0 aliphatic rings. The van der Waals surface area contributed by atoms with Gasteiger partial charge in [-0.15, -0.1) is 0 Å². The number of halogens is 1. The van der Waals surface area contributed by atoms with Crippen LogP contribution in [0.4, 0.5) is 10.1 Å². The standard InChI is InChI=1S/C13H20FNO2/c1-3-16-13(17-4-2)9-10-15-12-7-5-11(14)6-8-12/h5-8,13,15H,3-4,9-10H2,1-2H3. The van der Waals surface area contributed by atoms with Crippen LogP contribution >= 0.6 is 0 Å². The minimum atomic E-state index is -0.225. The zero-order chi connectivity index (χ0) is 12.5. The normalized spacial score (nSPS) is 10.8. The van der Waals surface area contributed by atoms with E-state index in [1.807, 2.05) is 13.8 Å². The van der Waals surface area contributed by atoms with Gasteiger partial charge in [0.1, 0.15) is 5.82 Å². The summed E-state index contributed by atoms with van der Waals surface area (Å²) in [4.78, 5) is 0. The van der Waals surface area contributed by atoms with E-state index in [0.29, 0.717) is 13.2 Å². The van der Waals surface area contributed by atoms with E-state index < -0.39 is 0 Å². The summed E-state index contributed by atoms with van der Waals surface area (Å²) in [6.07, 6.45) is 0.594. The highest BCUT2D eigenvalue weighted by Crippen LogP contribution is 2.09. The number of hydrogen-bond acceptors (Lipinski definition) is 3. The van der Waals surface area contributed by atoms with Crippen LogP contribution < -0.4 is 5.32 Å². The summed E-state index contributed by atoms with van der Waals surface area (Å²) >= 11 is 0. The van der Waals surface area contributed by atoms with Gasteiger partial charge in [-0.1, -0.05) is 0 Å². The second kappa shape index (κ2) is 8.03. The Labute approximate surface area is 102 Å². The second-order valence-electron chi connectivity index (χ2n) is 3.56. The topological polar surface area (TPSA) is 30.5 Å². The summed E-state index contributed by atoms with van der Waals surface area (Å²) in [6, 6.07) is 6.30. The molecule has 0 saturated carbocycles. The van der Waals surface area contributed by atoms with E-state index in [1.165, 1.54) is 12.1 Å². The number of ether oxygens (including phenoxy) is 2. The predicted molar refractivity (Wildman–Crippen MR) is 66.5 cm³/mol. The Kier molecular flexibility index (Phi) is 6.58. The van der Waals surface area contributed by atoms with E-state index in [-0.39, 0.29) is 12.1 Å². The van der Waals surface area contributed by atoms with Gasteiger partial charge in [0.25, 0.3) is 0 Å². The third kappa shape index (κ3) is 5.65. The maximum atomic E-state index is 12.7. The van der Waals surface area contributed by atoms with Crippen molar-refractivity contribution in [2.45, 2.75) is 26.6 Å². The van der Waals surface area contributed by atoms with Gasteiger partial charge in [0.2, 0.25) is 0 Å². The van der Waals surface area contributed by atoms with Crippen LogP contribution in [0.1, 0.15) is 20.3 Å². The molecule has 1 rings (SSSR count). The van der Waals surface area contributed by atoms with Crippen LogP contribution in [-0.4, -0.2) is 26.0 Å². The van der Waals surface area contributed by atoms with Crippen molar-refractivity contribution in [1.29, 1.82) is 0 Å². The molecule has 0 amide bonds. The summed E-state index contributed by atoms with van der Waals surface area (Å²) in [5, 5.41) is 3.19. The van der Waals surface area contributed by atoms with Crippen LogP contribution in [0.25, 0.3) is 0 Å². The summed E-state index contributed by atoms with van der Waals surface area (Å²) in [5.41, 5.74) is 0.901. The lowest BCUT2D eigenvalue weighted by atomic mass is 10.3. The molecule has 0 bridgehead atoms. The Morgan fingerprint density at radius 3 is 2.24 bits per heavy atom. The van der Waals surface area contributed by atoms with E-state index in [4.69, 9.17) is 9.47 Å². The summed E-state index contributed by atoms with van der Waals surface area (Å²) < 4.78 is 23.5. The number of hydrogen-bond donors (Lipinski definition) is 1. The minimum absolute atomic E-state index is 0.169. The molecule has 1 aromatic rings. The molecule has 0 radical (unpaired) electrons. The largest absolute Gasteiger partial charge is 0.385 e. The van der Waals surface area contributed by atoms with E-state index >= 15 is 0 Å². The molecule has 0 fully saturated rings. The molecule has 4 heteroatoms. The van der Waals surface area contributed by atoms with Crippen molar-refractivity contribution in [3.8, 4) is 0 Å². The fourth-order valence-electron chi connectivity index (χ4n) is 1.49. The van der Waals surface area contributed by atoms with Crippen molar-refractivity contribution in [1.82, 2.24) is 0 Å². The number of anilines is 1. The van der Waals surface area contributed by atoms with Gasteiger partial charge in [-0.3, -0.25) is 0 Å². The molecule has 0 spiro atoms. The van der Waals surface area contributed by atoms with Crippen molar-refractivity contribution >= 4 is 5.69 Å². The predicted octanol–water partition coefficient (Wildman–Crippen LogP) is 3.03. The quantitative estimate of drug-likeness (QED) is 0.710. The summed E-state index contributed by atoms with van der Waals surface area (Å²) in [5.74, 6) is -0.225. The zero-order valence-corrected chi connectivity index (χ0v) is 10.4. The van der Waals surface area contributed by atoms with Crippen molar-refractivity contribution < 1.29 is 13.9 Å². The fraction of sp³-hybridized carbons (Fsp3) is 0.538. The molecule has 0 unspecified atom stereocenters. The molecular formula is C13H20FNO2. The van der Waals surface area contributed by atoms with E-state index in [0.717, 1.165) is 18.7 Å². The maximum Gasteiger partial charge on any atom is 0.159 e. The molecule has 0 saturated heterocycles. The molecule has 3 nitrogen and oxygen atoms in total. The lowest BCUT2D eigenvalue weighted by Crippen LogP contribution is -2.21. The second-order valence-corrected chi connectivity index (χ2v) is 3.56. The Hall–Kier alpha value is -1.13. The molecule has 96 valence electrons. The zero-order valence-electron chi connectivity index (χ0n) is 10.4. The first kappa shape index (κ1) is 13.9. The van der Waals surface area contributed by atoms with E-state index in [9.17, 15) is 4.39 Å². The monoisotopic (exact) mass is 241 g/mol.